The first-order chi connectivity index (χ1) is 10.3. The fourth-order valence-electron chi connectivity index (χ4n) is 2.96. The van der Waals surface area contributed by atoms with Crippen LogP contribution in [-0.4, -0.2) is 37.5 Å². The first-order valence-electron chi connectivity index (χ1n) is 7.32. The van der Waals surface area contributed by atoms with Crippen LogP contribution in [0.5, 0.6) is 0 Å². The molecule has 1 aromatic carbocycles. The molecule has 1 aliphatic heterocycles. The number of carbonyl (C=O) groups excluding carboxylic acids is 1. The van der Waals surface area contributed by atoms with Crippen molar-refractivity contribution in [2.45, 2.75) is 26.1 Å². The molecule has 1 fully saturated rings. The fraction of sp³-hybridized carbons (Fsp3) is 0.562. The van der Waals surface area contributed by atoms with E-state index in [-0.39, 0.29) is 17.5 Å². The zero-order chi connectivity index (χ0) is 16.3. The highest BCUT2D eigenvalue weighted by Gasteiger charge is 2.33. The summed E-state index contributed by atoms with van der Waals surface area (Å²) in [5.41, 5.74) is -0.0252. The largest absolute Gasteiger partial charge is 0.416 e. The molecule has 1 heterocycles. The van der Waals surface area contributed by atoms with Gasteiger partial charge in [-0.25, -0.2) is 0 Å². The molecule has 0 N–H and O–H groups in total. The number of alkyl halides is 3. The zero-order valence-electron chi connectivity index (χ0n) is 12.7. The summed E-state index contributed by atoms with van der Waals surface area (Å²) in [5.74, 6) is 0.175. The summed E-state index contributed by atoms with van der Waals surface area (Å²) < 4.78 is 43.7. The number of hydrogen-bond donors (Lipinski definition) is 0. The Balaban J connectivity index is 2.40. The average molecular weight is 315 g/mol. The van der Waals surface area contributed by atoms with E-state index in [1.165, 1.54) is 6.07 Å². The molecule has 1 aliphatic rings. The summed E-state index contributed by atoms with van der Waals surface area (Å²) in [5, 5.41) is 0. The Kier molecular flexibility index (Phi) is 5.24. The van der Waals surface area contributed by atoms with Gasteiger partial charge in [-0.1, -0.05) is 19.9 Å². The zero-order valence-corrected chi connectivity index (χ0v) is 12.7. The van der Waals surface area contributed by atoms with Crippen molar-refractivity contribution in [1.29, 1.82) is 0 Å². The Morgan fingerprint density at radius 2 is 1.86 bits per heavy atom. The minimum absolute atomic E-state index is 0.0913. The summed E-state index contributed by atoms with van der Waals surface area (Å²) in [6.07, 6.45) is -3.93. The van der Waals surface area contributed by atoms with Gasteiger partial charge in [0.1, 0.15) is 6.29 Å². The number of nitrogens with zero attached hydrogens (tertiary/aromatic N) is 1. The standard InChI is InChI=1S/C16H20F3NO2/c1-11(2)15(20-5-7-22-8-6-20)14-4-3-13(16(17,18)19)9-12(14)10-21/h3-4,9-11,15H,5-8H2,1-2H3. The Morgan fingerprint density at radius 3 is 2.36 bits per heavy atom. The van der Waals surface area contributed by atoms with Gasteiger partial charge in [0.2, 0.25) is 0 Å². The quantitative estimate of drug-likeness (QED) is 0.796. The molecule has 2 rings (SSSR count). The molecule has 0 aliphatic carbocycles. The van der Waals surface area contributed by atoms with Crippen molar-refractivity contribution >= 4 is 6.29 Å². The van der Waals surface area contributed by atoms with Gasteiger partial charge in [-0.15, -0.1) is 0 Å². The molecule has 3 nitrogen and oxygen atoms in total. The van der Waals surface area contributed by atoms with E-state index in [9.17, 15) is 18.0 Å². The lowest BCUT2D eigenvalue weighted by atomic mass is 9.89. The molecule has 0 spiro atoms. The normalized spacial score (nSPS) is 18.5. The van der Waals surface area contributed by atoms with Crippen molar-refractivity contribution in [2.75, 3.05) is 26.3 Å². The maximum atomic E-state index is 12.8. The molecule has 0 saturated carbocycles. The van der Waals surface area contributed by atoms with Crippen LogP contribution in [0.4, 0.5) is 13.2 Å². The SMILES string of the molecule is CC(C)C(c1ccc(C(F)(F)F)cc1C=O)N1CCOCC1. The number of carbonyl (C=O) groups is 1. The van der Waals surface area contributed by atoms with Crippen LogP contribution in [0.1, 0.15) is 41.4 Å². The van der Waals surface area contributed by atoms with Crippen LogP contribution in [0.3, 0.4) is 0 Å². The van der Waals surface area contributed by atoms with Crippen molar-refractivity contribution in [2.24, 2.45) is 5.92 Å². The molecule has 6 heteroatoms. The van der Waals surface area contributed by atoms with Gasteiger partial charge < -0.3 is 4.74 Å². The topological polar surface area (TPSA) is 29.5 Å². The van der Waals surface area contributed by atoms with Crippen LogP contribution >= 0.6 is 0 Å². The second-order valence-corrected chi connectivity index (χ2v) is 5.80. The van der Waals surface area contributed by atoms with Crippen LogP contribution in [0, 0.1) is 5.92 Å². The van der Waals surface area contributed by atoms with E-state index < -0.39 is 11.7 Å². The van der Waals surface area contributed by atoms with Crippen LogP contribution in [0.15, 0.2) is 18.2 Å². The molecule has 1 atom stereocenters. The molecule has 1 aromatic rings. The van der Waals surface area contributed by atoms with Gasteiger partial charge in [-0.2, -0.15) is 13.2 Å². The van der Waals surface area contributed by atoms with Gasteiger partial charge in [-0.3, -0.25) is 9.69 Å². The highest BCUT2D eigenvalue weighted by Crippen LogP contribution is 2.35. The third kappa shape index (κ3) is 3.67. The second kappa shape index (κ2) is 6.79. The molecule has 1 unspecified atom stereocenters. The van der Waals surface area contributed by atoms with Crippen molar-refractivity contribution in [3.05, 3.63) is 34.9 Å². The Bertz CT molecular complexity index is 523. The van der Waals surface area contributed by atoms with Gasteiger partial charge in [0.25, 0.3) is 0 Å². The minimum atomic E-state index is -4.44. The van der Waals surface area contributed by atoms with Crippen molar-refractivity contribution in [3.63, 3.8) is 0 Å². The molecular formula is C16H20F3NO2. The highest BCUT2D eigenvalue weighted by molar-refractivity contribution is 5.78. The van der Waals surface area contributed by atoms with E-state index >= 15 is 0 Å². The molecule has 0 aromatic heterocycles. The highest BCUT2D eigenvalue weighted by atomic mass is 19.4. The van der Waals surface area contributed by atoms with Gasteiger partial charge in [0.15, 0.2) is 0 Å². The van der Waals surface area contributed by atoms with Crippen molar-refractivity contribution in [3.8, 4) is 0 Å². The summed E-state index contributed by atoms with van der Waals surface area (Å²) in [7, 11) is 0. The number of ether oxygens (including phenoxy) is 1. The smallest absolute Gasteiger partial charge is 0.379 e. The van der Waals surface area contributed by atoms with Gasteiger partial charge in [0, 0.05) is 24.7 Å². The number of hydrogen-bond acceptors (Lipinski definition) is 3. The van der Waals surface area contributed by atoms with E-state index in [0.717, 1.165) is 12.1 Å². The lowest BCUT2D eigenvalue weighted by Gasteiger charge is -2.37. The maximum absolute atomic E-state index is 12.8. The Labute approximate surface area is 128 Å². The van der Waals surface area contributed by atoms with Gasteiger partial charge >= 0.3 is 6.18 Å². The first-order valence-corrected chi connectivity index (χ1v) is 7.32. The van der Waals surface area contributed by atoms with E-state index in [2.05, 4.69) is 4.90 Å². The number of rotatable bonds is 4. The van der Waals surface area contributed by atoms with E-state index in [1.807, 2.05) is 13.8 Å². The predicted molar refractivity (Wildman–Crippen MR) is 76.8 cm³/mol. The molecular weight excluding hydrogens is 295 g/mol. The summed E-state index contributed by atoms with van der Waals surface area (Å²) in [4.78, 5) is 13.5. The molecule has 0 bridgehead atoms. The maximum Gasteiger partial charge on any atom is 0.416 e. The Morgan fingerprint density at radius 1 is 1.23 bits per heavy atom. The molecule has 1 saturated heterocycles. The number of morpholine rings is 1. The third-order valence-corrected chi connectivity index (χ3v) is 3.93. The van der Waals surface area contributed by atoms with Crippen LogP contribution in [0.2, 0.25) is 0 Å². The van der Waals surface area contributed by atoms with Crippen LogP contribution in [-0.2, 0) is 10.9 Å². The number of halogens is 3. The van der Waals surface area contributed by atoms with Crippen molar-refractivity contribution < 1.29 is 22.7 Å². The summed E-state index contributed by atoms with van der Waals surface area (Å²) >= 11 is 0. The lowest BCUT2D eigenvalue weighted by molar-refractivity contribution is -0.137. The summed E-state index contributed by atoms with van der Waals surface area (Å²) in [6.45, 7) is 6.63. The molecule has 0 amide bonds. The van der Waals surface area contributed by atoms with Crippen molar-refractivity contribution in [1.82, 2.24) is 4.90 Å². The number of benzene rings is 1. The fourth-order valence-corrected chi connectivity index (χ4v) is 2.96. The van der Waals surface area contributed by atoms with Crippen LogP contribution in [0.25, 0.3) is 0 Å². The van der Waals surface area contributed by atoms with E-state index in [1.54, 1.807) is 0 Å². The minimum Gasteiger partial charge on any atom is -0.379 e. The van der Waals surface area contributed by atoms with E-state index in [4.69, 9.17) is 4.74 Å². The predicted octanol–water partition coefficient (Wildman–Crippen LogP) is 3.55. The third-order valence-electron chi connectivity index (χ3n) is 3.93. The molecule has 0 radical (unpaired) electrons. The van der Waals surface area contributed by atoms with Gasteiger partial charge in [-0.05, 0) is 23.6 Å². The lowest BCUT2D eigenvalue weighted by Crippen LogP contribution is -2.41. The summed E-state index contributed by atoms with van der Waals surface area (Å²) in [6, 6.07) is 3.34. The molecule has 122 valence electrons. The number of aldehydes is 1. The Hall–Kier alpha value is -1.40. The van der Waals surface area contributed by atoms with Crippen LogP contribution < -0.4 is 0 Å². The first kappa shape index (κ1) is 17.0. The molecule has 22 heavy (non-hydrogen) atoms. The van der Waals surface area contributed by atoms with E-state index in [0.29, 0.717) is 38.2 Å². The monoisotopic (exact) mass is 315 g/mol. The van der Waals surface area contributed by atoms with Gasteiger partial charge in [0.05, 0.1) is 18.8 Å². The second-order valence-electron chi connectivity index (χ2n) is 5.80. The average Bonchev–Trinajstić information content (AvgIpc) is 2.47.